The molecular weight excluding hydrogens is 233 g/mol. The van der Waals surface area contributed by atoms with Crippen LogP contribution in [0.2, 0.25) is 0 Å². The largest absolute Gasteiger partial charge is 0.363 e. The van der Waals surface area contributed by atoms with Crippen LogP contribution in [0.4, 0.5) is 0 Å². The maximum atomic E-state index is 11.8. The van der Waals surface area contributed by atoms with Gasteiger partial charge >= 0.3 is 6.87 Å². The second-order valence-electron chi connectivity index (χ2n) is 3.70. The van der Waals surface area contributed by atoms with Gasteiger partial charge in [0.2, 0.25) is 0 Å². The zero-order valence-electron chi connectivity index (χ0n) is 8.63. The van der Waals surface area contributed by atoms with Gasteiger partial charge in [0.25, 0.3) is 0 Å². The lowest BCUT2D eigenvalue weighted by atomic mass is 10.0. The first-order valence-electron chi connectivity index (χ1n) is 4.79. The number of hydrogen-bond donors (Lipinski definition) is 0. The quantitative estimate of drug-likeness (QED) is 0.710. The molecule has 0 radical (unpaired) electrons. The van der Waals surface area contributed by atoms with E-state index in [-0.39, 0.29) is 12.1 Å². The fraction of sp³-hybridized carbons (Fsp3) is 0.400. The first-order chi connectivity index (χ1) is 7.02. The van der Waals surface area contributed by atoms with Crippen molar-refractivity contribution in [2.45, 2.75) is 19.1 Å². The summed E-state index contributed by atoms with van der Waals surface area (Å²) in [6.07, 6.45) is -0.209. The summed E-state index contributed by atoms with van der Waals surface area (Å²) in [6.45, 7) is -1.15. The summed E-state index contributed by atoms with van der Waals surface area (Å²) in [4.78, 5) is 0. The van der Waals surface area contributed by atoms with Crippen molar-refractivity contribution >= 4 is 18.1 Å². The van der Waals surface area contributed by atoms with Crippen molar-refractivity contribution in [1.29, 1.82) is 0 Å². The number of likely N-dealkylation sites (N-methyl/N-ethyl adjacent to an activating group) is 1. The van der Waals surface area contributed by atoms with Gasteiger partial charge in [-0.15, -0.1) is 0 Å². The zero-order chi connectivity index (χ0) is 11.1. The molecule has 1 fully saturated rings. The molecule has 1 aliphatic rings. The van der Waals surface area contributed by atoms with Gasteiger partial charge in [0.05, 0.1) is 0 Å². The second kappa shape index (κ2) is 3.91. The van der Waals surface area contributed by atoms with E-state index in [0.717, 1.165) is 5.56 Å². The van der Waals surface area contributed by atoms with Crippen molar-refractivity contribution in [3.63, 3.8) is 0 Å². The number of hydrogen-bond acceptors (Lipinski definition) is 2. The molecule has 0 aliphatic carbocycles. The predicted molar refractivity (Wildman–Crippen MR) is 61.0 cm³/mol. The van der Waals surface area contributed by atoms with E-state index in [1.807, 2.05) is 37.3 Å². The summed E-state index contributed by atoms with van der Waals surface area (Å²) >= 11 is 5.82. The van der Waals surface area contributed by atoms with E-state index in [2.05, 4.69) is 0 Å². The highest BCUT2D eigenvalue weighted by atomic mass is 35.7. The zero-order valence-corrected chi connectivity index (χ0v) is 10.3. The highest BCUT2D eigenvalue weighted by Gasteiger charge is 2.45. The van der Waals surface area contributed by atoms with Crippen LogP contribution in [0.5, 0.6) is 0 Å². The van der Waals surface area contributed by atoms with Gasteiger partial charge in [-0.1, -0.05) is 30.3 Å². The fourth-order valence-electron chi connectivity index (χ4n) is 1.70. The van der Waals surface area contributed by atoms with Crippen LogP contribution in [0.25, 0.3) is 0 Å². The van der Waals surface area contributed by atoms with Gasteiger partial charge in [0, 0.05) is 6.04 Å². The van der Waals surface area contributed by atoms with Crippen LogP contribution in [0.3, 0.4) is 0 Å². The predicted octanol–water partition coefficient (Wildman–Crippen LogP) is 3.43. The SMILES string of the molecule is C[C@H]1[C@@H](c2ccccc2)O[P@](=O)(Cl)N1C. The molecule has 0 spiro atoms. The Kier molecular flexibility index (Phi) is 2.91. The van der Waals surface area contributed by atoms with Crippen molar-refractivity contribution in [3.8, 4) is 0 Å². The van der Waals surface area contributed by atoms with E-state index >= 15 is 0 Å². The van der Waals surface area contributed by atoms with Gasteiger partial charge < -0.3 is 0 Å². The molecule has 82 valence electrons. The summed E-state index contributed by atoms with van der Waals surface area (Å²) in [5.74, 6) is 0. The maximum absolute atomic E-state index is 11.8. The molecule has 1 aliphatic heterocycles. The van der Waals surface area contributed by atoms with Crippen molar-refractivity contribution in [3.05, 3.63) is 35.9 Å². The normalized spacial score (nSPS) is 37.0. The van der Waals surface area contributed by atoms with Crippen LogP contribution < -0.4 is 0 Å². The molecule has 1 aromatic rings. The Morgan fingerprint density at radius 1 is 1.40 bits per heavy atom. The Morgan fingerprint density at radius 3 is 2.47 bits per heavy atom. The van der Waals surface area contributed by atoms with Gasteiger partial charge in [0.1, 0.15) is 6.10 Å². The van der Waals surface area contributed by atoms with E-state index in [0.29, 0.717) is 0 Å². The third-order valence-electron chi connectivity index (χ3n) is 2.78. The minimum Gasteiger partial charge on any atom is -0.296 e. The molecule has 3 atom stereocenters. The van der Waals surface area contributed by atoms with Crippen molar-refractivity contribution in [2.75, 3.05) is 7.05 Å². The summed E-state index contributed by atoms with van der Waals surface area (Å²) in [7, 11) is 1.72. The molecule has 0 unspecified atom stereocenters. The molecule has 5 heteroatoms. The van der Waals surface area contributed by atoms with E-state index in [1.54, 1.807) is 11.7 Å². The molecule has 1 saturated heterocycles. The minimum absolute atomic E-state index is 0.0238. The summed E-state index contributed by atoms with van der Waals surface area (Å²) in [5, 5.41) is 0. The fourth-order valence-corrected chi connectivity index (χ4v) is 3.65. The molecule has 0 amide bonds. The van der Waals surface area contributed by atoms with Gasteiger partial charge in [-0.2, -0.15) is 0 Å². The number of nitrogens with zero attached hydrogens (tertiary/aromatic N) is 1. The summed E-state index contributed by atoms with van der Waals surface area (Å²) < 4.78 is 18.8. The van der Waals surface area contributed by atoms with E-state index < -0.39 is 6.87 Å². The Hall–Kier alpha value is -0.340. The average molecular weight is 246 g/mol. The van der Waals surface area contributed by atoms with Crippen molar-refractivity contribution < 1.29 is 9.09 Å². The van der Waals surface area contributed by atoms with Crippen molar-refractivity contribution in [2.24, 2.45) is 0 Å². The second-order valence-corrected chi connectivity index (χ2v) is 6.73. The molecule has 1 aromatic carbocycles. The molecule has 0 saturated carbocycles. The van der Waals surface area contributed by atoms with Crippen LogP contribution in [0, 0.1) is 0 Å². The highest BCUT2D eigenvalue weighted by Crippen LogP contribution is 2.65. The molecule has 1 heterocycles. The molecule has 0 bridgehead atoms. The standard InChI is InChI=1S/C10H13ClNO2P/c1-8-10(9-6-4-3-5-7-9)14-15(11,13)12(8)2/h3-8,10H,1-2H3/t8-,10-,15+/m0/s1. The van der Waals surface area contributed by atoms with Crippen molar-refractivity contribution in [1.82, 2.24) is 4.67 Å². The molecule has 0 N–H and O–H groups in total. The molecule has 2 rings (SSSR count). The maximum Gasteiger partial charge on any atom is 0.363 e. The lowest BCUT2D eigenvalue weighted by Crippen LogP contribution is -2.22. The Morgan fingerprint density at radius 2 is 2.00 bits per heavy atom. The Labute approximate surface area is 94.3 Å². The molecule has 15 heavy (non-hydrogen) atoms. The van der Waals surface area contributed by atoms with Crippen LogP contribution in [0.1, 0.15) is 18.6 Å². The van der Waals surface area contributed by atoms with E-state index in [4.69, 9.17) is 15.8 Å². The summed E-state index contributed by atoms with van der Waals surface area (Å²) in [6, 6.07) is 9.74. The lowest BCUT2D eigenvalue weighted by molar-refractivity contribution is 0.213. The van der Waals surface area contributed by atoms with Gasteiger partial charge in [-0.3, -0.25) is 9.09 Å². The van der Waals surface area contributed by atoms with Gasteiger partial charge in [-0.05, 0) is 30.8 Å². The van der Waals surface area contributed by atoms with Gasteiger partial charge in [-0.25, -0.2) is 4.67 Å². The minimum atomic E-state index is -3.11. The number of benzene rings is 1. The lowest BCUT2D eigenvalue weighted by Gasteiger charge is -2.16. The van der Waals surface area contributed by atoms with Gasteiger partial charge in [0.15, 0.2) is 0 Å². The third-order valence-corrected chi connectivity index (χ3v) is 5.34. The molecule has 3 nitrogen and oxygen atoms in total. The highest BCUT2D eigenvalue weighted by molar-refractivity contribution is 7.83. The smallest absolute Gasteiger partial charge is 0.296 e. The molecule has 0 aromatic heterocycles. The van der Waals surface area contributed by atoms with Crippen LogP contribution in [0.15, 0.2) is 30.3 Å². The third kappa shape index (κ3) is 1.98. The Bertz CT molecular complexity index is 398. The van der Waals surface area contributed by atoms with Crippen LogP contribution in [-0.4, -0.2) is 17.8 Å². The number of rotatable bonds is 1. The van der Waals surface area contributed by atoms with Crippen LogP contribution >= 0.6 is 18.1 Å². The summed E-state index contributed by atoms with van der Waals surface area (Å²) in [5.41, 5.74) is 1.01. The van der Waals surface area contributed by atoms with Crippen LogP contribution in [-0.2, 0) is 9.09 Å². The molecular formula is C10H13ClNO2P. The number of halogens is 1. The first kappa shape index (κ1) is 11.2. The van der Waals surface area contributed by atoms with E-state index in [9.17, 15) is 4.57 Å². The monoisotopic (exact) mass is 245 g/mol. The van der Waals surface area contributed by atoms with E-state index in [1.165, 1.54) is 0 Å². The first-order valence-corrected chi connectivity index (χ1v) is 7.27. The Balaban J connectivity index is 2.31. The topological polar surface area (TPSA) is 29.5 Å². The average Bonchev–Trinajstić information content (AvgIpc) is 2.44.